The number of hydrogen-bond acceptors (Lipinski definition) is 7. The van der Waals surface area contributed by atoms with Crippen LogP contribution in [-0.2, 0) is 10.5 Å². The van der Waals surface area contributed by atoms with Crippen LogP contribution in [-0.4, -0.2) is 32.8 Å². The summed E-state index contributed by atoms with van der Waals surface area (Å²) in [7, 11) is 1.34. The Hall–Kier alpha value is -3.39. The Kier molecular flexibility index (Phi) is 6.41. The van der Waals surface area contributed by atoms with Gasteiger partial charge in [0.2, 0.25) is 5.76 Å². The lowest BCUT2D eigenvalue weighted by Gasteiger charge is -2.16. The first kappa shape index (κ1) is 21.8. The molecule has 3 heterocycles. The molecule has 0 radical (unpaired) electrons. The molecule has 0 spiro atoms. The van der Waals surface area contributed by atoms with Gasteiger partial charge in [-0.1, -0.05) is 43.8 Å². The van der Waals surface area contributed by atoms with Gasteiger partial charge < -0.3 is 9.15 Å². The van der Waals surface area contributed by atoms with Gasteiger partial charge in [0.05, 0.1) is 18.6 Å². The maximum absolute atomic E-state index is 11.9. The van der Waals surface area contributed by atoms with Gasteiger partial charge in [-0.15, -0.1) is 10.2 Å². The van der Waals surface area contributed by atoms with Crippen LogP contribution in [0.15, 0.2) is 64.4 Å². The number of carbonyl (C=O) groups excluding carboxylic acids is 1. The van der Waals surface area contributed by atoms with Crippen molar-refractivity contribution >= 4 is 17.7 Å². The summed E-state index contributed by atoms with van der Waals surface area (Å²) < 4.78 is 12.6. The molecule has 1 aromatic carbocycles. The number of nitrogens with zero attached hydrogens (tertiary/aromatic N) is 4. The van der Waals surface area contributed by atoms with E-state index >= 15 is 0 Å². The van der Waals surface area contributed by atoms with Gasteiger partial charge in [-0.3, -0.25) is 9.55 Å². The molecule has 0 saturated heterocycles. The van der Waals surface area contributed by atoms with Gasteiger partial charge in [0, 0.05) is 23.5 Å². The van der Waals surface area contributed by atoms with Crippen LogP contribution in [0.4, 0.5) is 0 Å². The first-order valence-electron chi connectivity index (χ1n) is 10.2. The average Bonchev–Trinajstić information content (AvgIpc) is 3.40. The fourth-order valence-corrected chi connectivity index (χ4v) is 4.32. The predicted molar refractivity (Wildman–Crippen MR) is 123 cm³/mol. The van der Waals surface area contributed by atoms with Gasteiger partial charge in [-0.05, 0) is 42.7 Å². The van der Waals surface area contributed by atoms with E-state index in [4.69, 9.17) is 9.15 Å². The third-order valence-corrected chi connectivity index (χ3v) is 5.99. The van der Waals surface area contributed by atoms with Crippen LogP contribution < -0.4 is 0 Å². The van der Waals surface area contributed by atoms with E-state index in [-0.39, 0.29) is 5.76 Å². The molecular weight excluding hydrogens is 424 g/mol. The molecule has 0 saturated carbocycles. The number of pyridine rings is 1. The molecule has 3 aromatic heterocycles. The molecule has 164 valence electrons. The molecule has 4 aromatic rings. The van der Waals surface area contributed by atoms with Gasteiger partial charge in [0.25, 0.3) is 0 Å². The number of methoxy groups -OCH3 is 1. The Morgan fingerprint density at radius 2 is 2.00 bits per heavy atom. The van der Waals surface area contributed by atoms with Crippen LogP contribution in [0.1, 0.15) is 47.2 Å². The van der Waals surface area contributed by atoms with Crippen molar-refractivity contribution < 1.29 is 13.9 Å². The van der Waals surface area contributed by atoms with Crippen LogP contribution in [0.2, 0.25) is 0 Å². The maximum atomic E-state index is 11.9. The van der Waals surface area contributed by atoms with Crippen molar-refractivity contribution in [2.24, 2.45) is 0 Å². The highest BCUT2D eigenvalue weighted by atomic mass is 32.2. The fraction of sp³-hybridized carbons (Fsp3) is 0.250. The van der Waals surface area contributed by atoms with E-state index in [1.165, 1.54) is 24.4 Å². The molecular formula is C24H24N4O3S. The second-order valence-corrected chi connectivity index (χ2v) is 8.54. The second-order valence-electron chi connectivity index (χ2n) is 7.60. The van der Waals surface area contributed by atoms with Crippen LogP contribution in [0.3, 0.4) is 0 Å². The van der Waals surface area contributed by atoms with Gasteiger partial charge in [-0.25, -0.2) is 4.79 Å². The van der Waals surface area contributed by atoms with Crippen molar-refractivity contribution in [1.29, 1.82) is 0 Å². The summed E-state index contributed by atoms with van der Waals surface area (Å²) in [6.45, 7) is 6.16. The zero-order valence-electron chi connectivity index (χ0n) is 18.4. The van der Waals surface area contributed by atoms with Gasteiger partial charge >= 0.3 is 5.97 Å². The minimum atomic E-state index is -0.480. The molecule has 0 amide bonds. The SMILES string of the molecule is COC(=O)c1oc(CSc2nnc(-c3cccnc3)n2-c2ccccc2C(C)C)cc1C. The Balaban J connectivity index is 1.74. The third kappa shape index (κ3) is 4.31. The largest absolute Gasteiger partial charge is 0.463 e. The zero-order chi connectivity index (χ0) is 22.7. The molecule has 0 fully saturated rings. The summed E-state index contributed by atoms with van der Waals surface area (Å²) in [6, 6.07) is 14.0. The Bertz CT molecular complexity index is 1230. The molecule has 0 bridgehead atoms. The average molecular weight is 449 g/mol. The summed E-state index contributed by atoms with van der Waals surface area (Å²) in [4.78, 5) is 16.1. The monoisotopic (exact) mass is 448 g/mol. The molecule has 0 unspecified atom stereocenters. The van der Waals surface area contributed by atoms with Crippen molar-refractivity contribution in [3.05, 3.63) is 77.5 Å². The number of furan rings is 1. The molecule has 0 aliphatic rings. The first-order chi connectivity index (χ1) is 15.5. The number of para-hydroxylation sites is 1. The number of aromatic nitrogens is 4. The number of rotatable bonds is 7. The van der Waals surface area contributed by atoms with E-state index in [1.807, 2.05) is 37.3 Å². The normalized spacial score (nSPS) is 11.2. The molecule has 8 heteroatoms. The minimum Gasteiger partial charge on any atom is -0.463 e. The maximum Gasteiger partial charge on any atom is 0.374 e. The van der Waals surface area contributed by atoms with Gasteiger partial charge in [0.15, 0.2) is 11.0 Å². The van der Waals surface area contributed by atoms with Crippen LogP contribution >= 0.6 is 11.8 Å². The molecule has 0 aliphatic carbocycles. The zero-order valence-corrected chi connectivity index (χ0v) is 19.2. The van der Waals surface area contributed by atoms with Crippen LogP contribution in [0.5, 0.6) is 0 Å². The van der Waals surface area contributed by atoms with Gasteiger partial charge in [-0.2, -0.15) is 0 Å². The topological polar surface area (TPSA) is 83.0 Å². The summed E-state index contributed by atoms with van der Waals surface area (Å²) >= 11 is 1.50. The van der Waals surface area contributed by atoms with E-state index in [0.717, 1.165) is 27.8 Å². The fourth-order valence-electron chi connectivity index (χ4n) is 3.49. The van der Waals surface area contributed by atoms with Gasteiger partial charge in [0.1, 0.15) is 5.76 Å². The van der Waals surface area contributed by atoms with E-state index in [1.54, 1.807) is 12.4 Å². The minimum absolute atomic E-state index is 0.228. The Labute approximate surface area is 190 Å². The van der Waals surface area contributed by atoms with Crippen molar-refractivity contribution in [2.75, 3.05) is 7.11 Å². The lowest BCUT2D eigenvalue weighted by atomic mass is 10.0. The lowest BCUT2D eigenvalue weighted by Crippen LogP contribution is -2.05. The molecule has 0 aliphatic heterocycles. The first-order valence-corrected chi connectivity index (χ1v) is 11.2. The van der Waals surface area contributed by atoms with Crippen molar-refractivity contribution in [2.45, 2.75) is 37.6 Å². The summed E-state index contributed by atoms with van der Waals surface area (Å²) in [5.74, 6) is 1.95. The molecule has 0 atom stereocenters. The number of aryl methyl sites for hydroxylation is 1. The highest BCUT2D eigenvalue weighted by molar-refractivity contribution is 7.98. The molecule has 0 N–H and O–H groups in total. The van der Waals surface area contributed by atoms with Crippen molar-refractivity contribution in [3.8, 4) is 17.1 Å². The lowest BCUT2D eigenvalue weighted by molar-refractivity contribution is 0.0562. The second kappa shape index (κ2) is 9.40. The third-order valence-electron chi connectivity index (χ3n) is 5.04. The molecule has 32 heavy (non-hydrogen) atoms. The highest BCUT2D eigenvalue weighted by Crippen LogP contribution is 2.33. The van der Waals surface area contributed by atoms with Crippen molar-refractivity contribution in [1.82, 2.24) is 19.7 Å². The number of benzene rings is 1. The highest BCUT2D eigenvalue weighted by Gasteiger charge is 2.21. The number of thioether (sulfide) groups is 1. The van der Waals surface area contributed by atoms with Crippen molar-refractivity contribution in [3.63, 3.8) is 0 Å². The van der Waals surface area contributed by atoms with E-state index in [9.17, 15) is 4.79 Å². The molecule has 7 nitrogen and oxygen atoms in total. The number of ether oxygens (including phenoxy) is 1. The summed E-state index contributed by atoms with van der Waals surface area (Å²) in [5.41, 5.74) is 3.85. The smallest absolute Gasteiger partial charge is 0.374 e. The Morgan fingerprint density at radius 1 is 1.19 bits per heavy atom. The van der Waals surface area contributed by atoms with Crippen LogP contribution in [0, 0.1) is 6.92 Å². The summed E-state index contributed by atoms with van der Waals surface area (Å²) in [5, 5.41) is 9.69. The number of esters is 1. The summed E-state index contributed by atoms with van der Waals surface area (Å²) in [6.07, 6.45) is 3.52. The number of carbonyl (C=O) groups is 1. The molecule has 4 rings (SSSR count). The predicted octanol–water partition coefficient (Wildman–Crippen LogP) is 5.43. The van der Waals surface area contributed by atoms with E-state index in [0.29, 0.717) is 17.4 Å². The quantitative estimate of drug-likeness (QED) is 0.275. The van der Waals surface area contributed by atoms with E-state index < -0.39 is 5.97 Å². The Morgan fingerprint density at radius 3 is 2.72 bits per heavy atom. The number of hydrogen-bond donors (Lipinski definition) is 0. The van der Waals surface area contributed by atoms with Crippen LogP contribution in [0.25, 0.3) is 17.1 Å². The standard InChI is InChI=1S/C24H24N4O3S/c1-15(2)19-9-5-6-10-20(19)28-22(17-8-7-11-25-13-17)26-27-24(28)32-14-18-12-16(3)21(31-18)23(29)30-4/h5-13,15H,14H2,1-4H3. The van der Waals surface area contributed by atoms with E-state index in [2.05, 4.69) is 45.7 Å².